The van der Waals surface area contributed by atoms with E-state index in [0.29, 0.717) is 10.9 Å². The Bertz CT molecular complexity index is 370. The molecule has 1 aliphatic carbocycles. The third-order valence-electron chi connectivity index (χ3n) is 3.08. The van der Waals surface area contributed by atoms with Gasteiger partial charge in [0, 0.05) is 6.04 Å². The highest BCUT2D eigenvalue weighted by molar-refractivity contribution is 7.17. The summed E-state index contributed by atoms with van der Waals surface area (Å²) in [5.74, 6) is -0.309. The van der Waals surface area contributed by atoms with Crippen LogP contribution in [0.15, 0.2) is 6.20 Å². The third-order valence-corrected chi connectivity index (χ3v) is 3.98. The second kappa shape index (κ2) is 6.00. The zero-order valence-corrected chi connectivity index (χ0v) is 10.9. The van der Waals surface area contributed by atoms with Crippen LogP contribution in [0.25, 0.3) is 0 Å². The van der Waals surface area contributed by atoms with Crippen LogP contribution in [0, 0.1) is 0 Å². The predicted octanol–water partition coefficient (Wildman–Crippen LogP) is 3.06. The van der Waals surface area contributed by atoms with Crippen molar-refractivity contribution < 1.29 is 9.53 Å². The van der Waals surface area contributed by atoms with Crippen molar-refractivity contribution in [1.29, 1.82) is 0 Å². The van der Waals surface area contributed by atoms with Gasteiger partial charge in [-0.15, -0.1) is 0 Å². The van der Waals surface area contributed by atoms with E-state index in [2.05, 4.69) is 15.0 Å². The molecule has 0 amide bonds. The first-order chi connectivity index (χ1) is 8.29. The topological polar surface area (TPSA) is 51.2 Å². The number of hydrogen-bond acceptors (Lipinski definition) is 5. The Morgan fingerprint density at radius 1 is 1.41 bits per heavy atom. The van der Waals surface area contributed by atoms with Crippen LogP contribution in [0.3, 0.4) is 0 Å². The number of esters is 1. The van der Waals surface area contributed by atoms with Crippen molar-refractivity contribution in [2.75, 3.05) is 12.4 Å². The van der Waals surface area contributed by atoms with Crippen molar-refractivity contribution in [3.8, 4) is 0 Å². The van der Waals surface area contributed by atoms with E-state index < -0.39 is 0 Å². The van der Waals surface area contributed by atoms with Gasteiger partial charge in [-0.3, -0.25) is 0 Å². The van der Waals surface area contributed by atoms with Gasteiger partial charge in [-0.2, -0.15) is 0 Å². The lowest BCUT2D eigenvalue weighted by molar-refractivity contribution is 0.0606. The van der Waals surface area contributed by atoms with Crippen LogP contribution in [0.1, 0.15) is 48.2 Å². The summed E-state index contributed by atoms with van der Waals surface area (Å²) in [6, 6.07) is 0.508. The van der Waals surface area contributed by atoms with E-state index in [1.165, 1.54) is 57.0 Å². The lowest BCUT2D eigenvalue weighted by atomic mass is 10.1. The maximum Gasteiger partial charge on any atom is 0.349 e. The molecule has 0 aliphatic heterocycles. The molecule has 1 fully saturated rings. The summed E-state index contributed by atoms with van der Waals surface area (Å²) < 4.78 is 4.66. The fourth-order valence-corrected chi connectivity index (χ4v) is 2.95. The summed E-state index contributed by atoms with van der Waals surface area (Å²) in [6.07, 6.45) is 9.22. The van der Waals surface area contributed by atoms with E-state index in [1.807, 2.05) is 0 Å². The van der Waals surface area contributed by atoms with Gasteiger partial charge >= 0.3 is 5.97 Å². The molecule has 0 radical (unpaired) electrons. The van der Waals surface area contributed by atoms with Gasteiger partial charge in [0.05, 0.1) is 13.3 Å². The van der Waals surface area contributed by atoms with Crippen molar-refractivity contribution >= 4 is 22.4 Å². The number of thiazole rings is 1. The molecule has 17 heavy (non-hydrogen) atoms. The van der Waals surface area contributed by atoms with E-state index in [9.17, 15) is 4.79 Å². The first-order valence-corrected chi connectivity index (χ1v) is 6.92. The zero-order chi connectivity index (χ0) is 12.1. The molecule has 1 aliphatic rings. The maximum atomic E-state index is 11.3. The van der Waals surface area contributed by atoms with Crippen LogP contribution in [-0.4, -0.2) is 24.1 Å². The Hall–Kier alpha value is -1.10. The molecule has 5 heteroatoms. The summed E-state index contributed by atoms with van der Waals surface area (Å²) in [6.45, 7) is 0. The van der Waals surface area contributed by atoms with Crippen molar-refractivity contribution in [3.05, 3.63) is 11.1 Å². The van der Waals surface area contributed by atoms with Gasteiger partial charge in [-0.25, -0.2) is 9.78 Å². The van der Waals surface area contributed by atoms with Gasteiger partial charge in [-0.05, 0) is 12.8 Å². The molecule has 0 unspecified atom stereocenters. The van der Waals surface area contributed by atoms with Crippen LogP contribution in [0.2, 0.25) is 0 Å². The van der Waals surface area contributed by atoms with E-state index >= 15 is 0 Å². The molecule has 0 aromatic carbocycles. The minimum Gasteiger partial charge on any atom is -0.465 e. The van der Waals surface area contributed by atoms with Crippen LogP contribution in [0.5, 0.6) is 0 Å². The highest BCUT2D eigenvalue weighted by atomic mass is 32.1. The van der Waals surface area contributed by atoms with Crippen molar-refractivity contribution in [3.63, 3.8) is 0 Å². The van der Waals surface area contributed by atoms with E-state index in [-0.39, 0.29) is 5.97 Å². The Morgan fingerprint density at radius 3 is 2.76 bits per heavy atom. The van der Waals surface area contributed by atoms with Crippen LogP contribution < -0.4 is 5.32 Å². The number of ether oxygens (including phenoxy) is 1. The first-order valence-electron chi connectivity index (χ1n) is 6.10. The Morgan fingerprint density at radius 2 is 2.12 bits per heavy atom. The average Bonchev–Trinajstić information content (AvgIpc) is 2.65. The number of carbonyl (C=O) groups is 1. The Balaban J connectivity index is 1.93. The summed E-state index contributed by atoms with van der Waals surface area (Å²) >= 11 is 1.37. The molecule has 1 heterocycles. The van der Waals surface area contributed by atoms with Gasteiger partial charge in [-0.1, -0.05) is 37.0 Å². The van der Waals surface area contributed by atoms with Crippen LogP contribution >= 0.6 is 11.3 Å². The summed E-state index contributed by atoms with van der Waals surface area (Å²) in [7, 11) is 1.39. The number of rotatable bonds is 3. The van der Waals surface area contributed by atoms with Crippen molar-refractivity contribution in [2.45, 2.75) is 44.6 Å². The number of nitrogens with zero attached hydrogens (tertiary/aromatic N) is 1. The molecule has 1 N–H and O–H groups in total. The minimum absolute atomic E-state index is 0.309. The smallest absolute Gasteiger partial charge is 0.349 e. The number of methoxy groups -OCH3 is 1. The largest absolute Gasteiger partial charge is 0.465 e. The quantitative estimate of drug-likeness (QED) is 0.665. The number of aromatic nitrogens is 1. The van der Waals surface area contributed by atoms with Gasteiger partial charge in [0.25, 0.3) is 0 Å². The van der Waals surface area contributed by atoms with Gasteiger partial charge in [0.1, 0.15) is 4.88 Å². The molecule has 0 saturated heterocycles. The molecular weight excluding hydrogens is 236 g/mol. The lowest BCUT2D eigenvalue weighted by Gasteiger charge is -2.14. The van der Waals surface area contributed by atoms with E-state index in [0.717, 1.165) is 5.13 Å². The second-order valence-corrected chi connectivity index (χ2v) is 5.38. The number of anilines is 1. The van der Waals surface area contributed by atoms with Gasteiger partial charge in [0.2, 0.25) is 0 Å². The SMILES string of the molecule is COC(=O)c1cnc(NC2CCCCCC2)s1. The van der Waals surface area contributed by atoms with E-state index in [4.69, 9.17) is 0 Å². The molecule has 1 aromatic rings. The molecular formula is C12H18N2O2S. The summed E-state index contributed by atoms with van der Waals surface area (Å²) in [4.78, 5) is 16.1. The molecule has 2 rings (SSSR count). The lowest BCUT2D eigenvalue weighted by Crippen LogP contribution is -2.17. The molecule has 1 saturated carbocycles. The van der Waals surface area contributed by atoms with Crippen molar-refractivity contribution in [2.24, 2.45) is 0 Å². The first kappa shape index (κ1) is 12.4. The second-order valence-electron chi connectivity index (χ2n) is 4.35. The molecule has 4 nitrogen and oxygen atoms in total. The highest BCUT2D eigenvalue weighted by Gasteiger charge is 2.15. The van der Waals surface area contributed by atoms with E-state index in [1.54, 1.807) is 6.20 Å². The average molecular weight is 254 g/mol. The third kappa shape index (κ3) is 3.43. The van der Waals surface area contributed by atoms with Gasteiger partial charge in [0.15, 0.2) is 5.13 Å². The van der Waals surface area contributed by atoms with Crippen LogP contribution in [-0.2, 0) is 4.74 Å². The predicted molar refractivity (Wildman–Crippen MR) is 68.6 cm³/mol. The Kier molecular flexibility index (Phi) is 4.36. The molecule has 0 bridgehead atoms. The zero-order valence-electron chi connectivity index (χ0n) is 10.1. The fraction of sp³-hybridized carbons (Fsp3) is 0.667. The van der Waals surface area contributed by atoms with Crippen molar-refractivity contribution in [1.82, 2.24) is 4.98 Å². The minimum atomic E-state index is -0.309. The van der Waals surface area contributed by atoms with Crippen LogP contribution in [0.4, 0.5) is 5.13 Å². The molecule has 0 spiro atoms. The number of hydrogen-bond donors (Lipinski definition) is 1. The standard InChI is InChI=1S/C12H18N2O2S/c1-16-11(15)10-8-13-12(17-10)14-9-6-4-2-3-5-7-9/h8-9H,2-7H2,1H3,(H,13,14). The fourth-order valence-electron chi connectivity index (χ4n) is 2.13. The summed E-state index contributed by atoms with van der Waals surface area (Å²) in [5, 5.41) is 4.25. The number of carbonyl (C=O) groups excluding carboxylic acids is 1. The monoisotopic (exact) mass is 254 g/mol. The Labute approximate surface area is 105 Å². The molecule has 1 aromatic heterocycles. The highest BCUT2D eigenvalue weighted by Crippen LogP contribution is 2.24. The molecule has 0 atom stereocenters. The maximum absolute atomic E-state index is 11.3. The normalized spacial score (nSPS) is 17.5. The number of nitrogens with one attached hydrogen (secondary N) is 1. The van der Waals surface area contributed by atoms with Gasteiger partial charge < -0.3 is 10.1 Å². The molecule has 94 valence electrons. The summed E-state index contributed by atoms with van der Waals surface area (Å²) in [5.41, 5.74) is 0.